The van der Waals surface area contributed by atoms with Crippen LogP contribution >= 0.6 is 0 Å². The van der Waals surface area contributed by atoms with Crippen LogP contribution < -0.4 is 15.4 Å². The van der Waals surface area contributed by atoms with Crippen molar-refractivity contribution in [1.29, 1.82) is 0 Å². The summed E-state index contributed by atoms with van der Waals surface area (Å²) in [6.07, 6.45) is 2.63. The third kappa shape index (κ3) is 3.56. The van der Waals surface area contributed by atoms with Crippen LogP contribution in [0.15, 0.2) is 0 Å². The van der Waals surface area contributed by atoms with Gasteiger partial charge in [0, 0.05) is 25.6 Å². The Hall–Kier alpha value is -1.56. The van der Waals surface area contributed by atoms with Gasteiger partial charge >= 0.3 is 0 Å². The number of methoxy groups -OCH3 is 1. The lowest BCUT2D eigenvalue weighted by Gasteiger charge is -2.27. The number of amides is 1. The van der Waals surface area contributed by atoms with Crippen LogP contribution in [0.3, 0.4) is 0 Å². The Morgan fingerprint density at radius 2 is 2.33 bits per heavy atom. The van der Waals surface area contributed by atoms with Crippen LogP contribution in [-0.4, -0.2) is 35.4 Å². The van der Waals surface area contributed by atoms with Gasteiger partial charge < -0.3 is 15.4 Å². The van der Waals surface area contributed by atoms with Gasteiger partial charge in [-0.15, -0.1) is 0 Å². The fraction of sp³-hybridized carbons (Fsp3) is 0.733. The summed E-state index contributed by atoms with van der Waals surface area (Å²) in [5.41, 5.74) is 1.96. The minimum atomic E-state index is 0.106. The Kier molecular flexibility index (Phi) is 5.22. The fourth-order valence-corrected chi connectivity index (χ4v) is 3.01. The zero-order chi connectivity index (χ0) is 15.4. The summed E-state index contributed by atoms with van der Waals surface area (Å²) in [7, 11) is 3.49. The van der Waals surface area contributed by atoms with Crippen LogP contribution in [0.5, 0.6) is 5.88 Å². The maximum atomic E-state index is 12.3. The molecule has 1 aromatic rings. The zero-order valence-corrected chi connectivity index (χ0v) is 13.4. The molecule has 1 aliphatic rings. The van der Waals surface area contributed by atoms with E-state index in [9.17, 15) is 4.79 Å². The molecule has 0 unspecified atom stereocenters. The molecule has 2 atom stereocenters. The summed E-state index contributed by atoms with van der Waals surface area (Å²) < 4.78 is 7.12. The number of hydrogen-bond donors (Lipinski definition) is 2. The second kappa shape index (κ2) is 6.93. The van der Waals surface area contributed by atoms with Gasteiger partial charge in [0.15, 0.2) is 0 Å². The maximum absolute atomic E-state index is 12.3. The van der Waals surface area contributed by atoms with E-state index in [-0.39, 0.29) is 11.8 Å². The van der Waals surface area contributed by atoms with E-state index in [1.165, 1.54) is 0 Å². The number of carbonyl (C=O) groups excluding carboxylic acids is 1. The number of aromatic nitrogens is 2. The number of rotatable bonds is 5. The fourth-order valence-electron chi connectivity index (χ4n) is 3.01. The maximum Gasteiger partial charge on any atom is 0.223 e. The zero-order valence-electron chi connectivity index (χ0n) is 13.4. The predicted molar refractivity (Wildman–Crippen MR) is 81.2 cm³/mol. The van der Waals surface area contributed by atoms with E-state index in [0.717, 1.165) is 42.9 Å². The molecule has 1 aromatic heterocycles. The van der Waals surface area contributed by atoms with Gasteiger partial charge in [0.2, 0.25) is 11.8 Å². The second-order valence-corrected chi connectivity index (χ2v) is 5.71. The summed E-state index contributed by atoms with van der Waals surface area (Å²) >= 11 is 0. The van der Waals surface area contributed by atoms with Crippen molar-refractivity contribution >= 4 is 5.91 Å². The van der Waals surface area contributed by atoms with Crippen molar-refractivity contribution in [2.45, 2.75) is 45.7 Å². The highest BCUT2D eigenvalue weighted by molar-refractivity contribution is 5.78. The third-order valence-corrected chi connectivity index (χ3v) is 4.13. The highest BCUT2D eigenvalue weighted by Gasteiger charge is 2.25. The van der Waals surface area contributed by atoms with Crippen molar-refractivity contribution in [2.24, 2.45) is 13.0 Å². The summed E-state index contributed by atoms with van der Waals surface area (Å²) in [5.74, 6) is 0.969. The van der Waals surface area contributed by atoms with E-state index in [2.05, 4.69) is 29.6 Å². The molecular formula is C15H26N4O2. The van der Waals surface area contributed by atoms with Gasteiger partial charge in [-0.3, -0.25) is 4.79 Å². The number of ether oxygens (including phenoxy) is 1. The van der Waals surface area contributed by atoms with Gasteiger partial charge in [-0.25, -0.2) is 4.68 Å². The van der Waals surface area contributed by atoms with Crippen LogP contribution in [0.2, 0.25) is 0 Å². The molecule has 1 amide bonds. The van der Waals surface area contributed by atoms with Gasteiger partial charge in [0.1, 0.15) is 0 Å². The second-order valence-electron chi connectivity index (χ2n) is 5.71. The third-order valence-electron chi connectivity index (χ3n) is 4.13. The molecule has 0 aromatic carbocycles. The lowest BCUT2D eigenvalue weighted by Crippen LogP contribution is -2.42. The number of nitrogens with zero attached hydrogens (tertiary/aromatic N) is 2. The molecule has 2 heterocycles. The van der Waals surface area contributed by atoms with Crippen LogP contribution in [0, 0.1) is 5.92 Å². The molecule has 1 fully saturated rings. The molecule has 6 nitrogen and oxygen atoms in total. The first-order chi connectivity index (χ1) is 10.1. The largest absolute Gasteiger partial charge is 0.481 e. The monoisotopic (exact) mass is 294 g/mol. The molecular weight excluding hydrogens is 268 g/mol. The number of piperidine rings is 1. The summed E-state index contributed by atoms with van der Waals surface area (Å²) in [5, 5.41) is 10.9. The van der Waals surface area contributed by atoms with Crippen molar-refractivity contribution in [1.82, 2.24) is 20.4 Å². The van der Waals surface area contributed by atoms with Gasteiger partial charge in [0.05, 0.1) is 18.4 Å². The average molecular weight is 294 g/mol. The average Bonchev–Trinajstić information content (AvgIpc) is 2.79. The Morgan fingerprint density at radius 1 is 1.57 bits per heavy atom. The van der Waals surface area contributed by atoms with Crippen LogP contribution in [0.1, 0.15) is 37.9 Å². The molecule has 2 N–H and O–H groups in total. The van der Waals surface area contributed by atoms with Crippen molar-refractivity contribution < 1.29 is 9.53 Å². The summed E-state index contributed by atoms with van der Waals surface area (Å²) in [6.45, 7) is 5.58. The highest BCUT2D eigenvalue weighted by atomic mass is 16.5. The standard InChI is InChI=1S/C15H26N4O2/c1-5-13-12(15(21-4)19(3)18-13)9-17-14(20)11-6-7-16-10(2)8-11/h10-11,16H,5-9H2,1-4H3,(H,17,20)/t10-,11-/m0/s1. The van der Waals surface area contributed by atoms with E-state index < -0.39 is 0 Å². The quantitative estimate of drug-likeness (QED) is 0.850. The molecule has 1 aliphatic heterocycles. The predicted octanol–water partition coefficient (Wildman–Crippen LogP) is 0.995. The molecule has 0 saturated carbocycles. The van der Waals surface area contributed by atoms with Crippen molar-refractivity contribution in [2.75, 3.05) is 13.7 Å². The topological polar surface area (TPSA) is 68.2 Å². The number of aryl methyl sites for hydroxylation is 2. The van der Waals surface area contributed by atoms with Crippen LogP contribution in [0.25, 0.3) is 0 Å². The molecule has 118 valence electrons. The normalized spacial score (nSPS) is 22.1. The molecule has 6 heteroatoms. The van der Waals surface area contributed by atoms with Gasteiger partial charge in [0.25, 0.3) is 0 Å². The lowest BCUT2D eigenvalue weighted by atomic mass is 9.92. The Balaban J connectivity index is 2.00. The molecule has 0 aliphatic carbocycles. The first-order valence-electron chi connectivity index (χ1n) is 7.66. The van der Waals surface area contributed by atoms with Gasteiger partial charge in [-0.05, 0) is 32.7 Å². The molecule has 2 rings (SSSR count). The summed E-state index contributed by atoms with van der Waals surface area (Å²) in [4.78, 5) is 12.3. The Labute approximate surface area is 126 Å². The van der Waals surface area contributed by atoms with Gasteiger partial charge in [-0.2, -0.15) is 5.10 Å². The number of nitrogens with one attached hydrogen (secondary N) is 2. The minimum absolute atomic E-state index is 0.106. The van der Waals surface area contributed by atoms with Crippen LogP contribution in [0.4, 0.5) is 0 Å². The Bertz CT molecular complexity index is 498. The molecule has 0 spiro atoms. The van der Waals surface area contributed by atoms with E-state index in [1.807, 2.05) is 7.05 Å². The number of carbonyl (C=O) groups is 1. The molecule has 21 heavy (non-hydrogen) atoms. The molecule has 1 saturated heterocycles. The van der Waals surface area contributed by atoms with Crippen molar-refractivity contribution in [3.63, 3.8) is 0 Å². The van der Waals surface area contributed by atoms with E-state index in [0.29, 0.717) is 12.6 Å². The summed E-state index contributed by atoms with van der Waals surface area (Å²) in [6, 6.07) is 0.411. The SMILES string of the molecule is CCc1nn(C)c(OC)c1CNC(=O)[C@H]1CCN[C@@H](C)C1. The molecule has 0 radical (unpaired) electrons. The van der Waals surface area contributed by atoms with Crippen LogP contribution in [-0.2, 0) is 24.8 Å². The van der Waals surface area contributed by atoms with E-state index >= 15 is 0 Å². The first kappa shape index (κ1) is 15.8. The number of hydrogen-bond acceptors (Lipinski definition) is 4. The van der Waals surface area contributed by atoms with Gasteiger partial charge in [-0.1, -0.05) is 6.92 Å². The lowest BCUT2D eigenvalue weighted by molar-refractivity contribution is -0.126. The van der Waals surface area contributed by atoms with E-state index in [1.54, 1.807) is 11.8 Å². The minimum Gasteiger partial charge on any atom is -0.481 e. The van der Waals surface area contributed by atoms with Crippen molar-refractivity contribution in [3.05, 3.63) is 11.3 Å². The Morgan fingerprint density at radius 3 is 2.95 bits per heavy atom. The smallest absolute Gasteiger partial charge is 0.223 e. The van der Waals surface area contributed by atoms with Crippen molar-refractivity contribution in [3.8, 4) is 5.88 Å². The highest BCUT2D eigenvalue weighted by Crippen LogP contribution is 2.22. The first-order valence-corrected chi connectivity index (χ1v) is 7.66. The molecule has 0 bridgehead atoms. The van der Waals surface area contributed by atoms with E-state index in [4.69, 9.17) is 4.74 Å².